The molecule has 6 heteroatoms. The molecule has 0 saturated carbocycles. The van der Waals surface area contributed by atoms with Crippen molar-refractivity contribution in [1.29, 1.82) is 5.26 Å². The van der Waals surface area contributed by atoms with Crippen LogP contribution in [0.3, 0.4) is 0 Å². The van der Waals surface area contributed by atoms with Gasteiger partial charge in [-0.15, -0.1) is 0 Å². The Morgan fingerprint density at radius 2 is 1.90 bits per heavy atom. The van der Waals surface area contributed by atoms with E-state index in [1.807, 2.05) is 0 Å². The summed E-state index contributed by atoms with van der Waals surface area (Å²) < 4.78 is 1.10. The Hall–Kier alpha value is -2.58. The van der Waals surface area contributed by atoms with E-state index >= 15 is 0 Å². The Kier molecular flexibility index (Phi) is 4.10. The van der Waals surface area contributed by atoms with E-state index in [1.54, 1.807) is 36.4 Å². The van der Waals surface area contributed by atoms with Gasteiger partial charge in [0.15, 0.2) is 0 Å². The third-order valence-corrected chi connectivity index (χ3v) is 3.37. The number of pyridine rings is 1. The molecule has 1 unspecified atom stereocenters. The molecule has 1 aromatic carbocycles. The second-order valence-corrected chi connectivity index (χ2v) is 4.88. The minimum Gasteiger partial charge on any atom is -0.480 e. The number of aromatic nitrogens is 1. The number of hydrogen-bond acceptors (Lipinski definition) is 3. The van der Waals surface area contributed by atoms with Crippen LogP contribution in [0, 0.1) is 11.3 Å². The van der Waals surface area contributed by atoms with Gasteiger partial charge < -0.3 is 5.11 Å². The third kappa shape index (κ3) is 2.81. The Labute approximate surface area is 125 Å². The summed E-state index contributed by atoms with van der Waals surface area (Å²) in [5, 5.41) is 18.6. The van der Waals surface area contributed by atoms with Gasteiger partial charge in [-0.2, -0.15) is 5.26 Å². The van der Waals surface area contributed by atoms with E-state index in [9.17, 15) is 14.7 Å². The van der Waals surface area contributed by atoms with Crippen LogP contribution in [0.15, 0.2) is 41.2 Å². The molecular formula is C15H11ClN2O3. The molecule has 0 aliphatic rings. The second-order valence-electron chi connectivity index (χ2n) is 4.44. The van der Waals surface area contributed by atoms with Crippen LogP contribution >= 0.6 is 11.6 Å². The van der Waals surface area contributed by atoms with Crippen LogP contribution < -0.4 is 5.56 Å². The van der Waals surface area contributed by atoms with Crippen molar-refractivity contribution in [2.75, 3.05) is 0 Å². The molecule has 0 amide bonds. The first kappa shape index (κ1) is 14.8. The van der Waals surface area contributed by atoms with Crippen molar-refractivity contribution in [1.82, 2.24) is 4.57 Å². The lowest BCUT2D eigenvalue weighted by molar-refractivity contribution is -0.140. The highest BCUT2D eigenvalue weighted by molar-refractivity contribution is 6.30. The van der Waals surface area contributed by atoms with E-state index in [0.717, 1.165) is 4.57 Å². The summed E-state index contributed by atoms with van der Waals surface area (Å²) in [5.74, 6) is -1.15. The molecule has 106 valence electrons. The lowest BCUT2D eigenvalue weighted by Gasteiger charge is -2.17. The fourth-order valence-electron chi connectivity index (χ4n) is 1.99. The first-order chi connectivity index (χ1) is 9.95. The average molecular weight is 303 g/mol. The van der Waals surface area contributed by atoms with E-state index in [0.29, 0.717) is 16.3 Å². The number of halogens is 1. The SMILES string of the molecule is CC(C(=O)O)n1c(-c2ccc(Cl)cc2)ccc(C#N)c1=O. The van der Waals surface area contributed by atoms with Crippen LogP contribution in [0.2, 0.25) is 5.02 Å². The van der Waals surface area contributed by atoms with Gasteiger partial charge in [0, 0.05) is 5.02 Å². The number of nitriles is 1. The molecule has 2 aromatic rings. The van der Waals surface area contributed by atoms with Crippen LogP contribution in [-0.4, -0.2) is 15.6 Å². The molecule has 0 bridgehead atoms. The normalized spacial score (nSPS) is 11.7. The Bertz CT molecular complexity index is 788. The van der Waals surface area contributed by atoms with Gasteiger partial charge in [-0.05, 0) is 36.8 Å². The monoisotopic (exact) mass is 302 g/mol. The molecule has 0 spiro atoms. The zero-order valence-corrected chi connectivity index (χ0v) is 11.8. The van der Waals surface area contributed by atoms with Gasteiger partial charge in [-0.3, -0.25) is 9.36 Å². The van der Waals surface area contributed by atoms with E-state index in [-0.39, 0.29) is 5.56 Å². The molecule has 21 heavy (non-hydrogen) atoms. The van der Waals surface area contributed by atoms with Gasteiger partial charge in [-0.25, -0.2) is 4.79 Å². The number of rotatable bonds is 3. The van der Waals surface area contributed by atoms with Crippen molar-refractivity contribution < 1.29 is 9.90 Å². The van der Waals surface area contributed by atoms with E-state index in [4.69, 9.17) is 16.9 Å². The lowest BCUT2D eigenvalue weighted by atomic mass is 10.1. The molecule has 1 N–H and O–H groups in total. The fraction of sp³-hybridized carbons (Fsp3) is 0.133. The highest BCUT2D eigenvalue weighted by atomic mass is 35.5. The maximum absolute atomic E-state index is 12.3. The van der Waals surface area contributed by atoms with Gasteiger partial charge in [0.05, 0.1) is 5.69 Å². The molecule has 5 nitrogen and oxygen atoms in total. The number of carbonyl (C=O) groups is 1. The summed E-state index contributed by atoms with van der Waals surface area (Å²) in [6, 6.07) is 10.3. The summed E-state index contributed by atoms with van der Waals surface area (Å²) in [6.45, 7) is 1.39. The zero-order chi connectivity index (χ0) is 15.6. The number of carboxylic acid groups (broad SMARTS) is 1. The maximum atomic E-state index is 12.3. The number of aliphatic carboxylic acids is 1. The van der Waals surface area contributed by atoms with Gasteiger partial charge in [0.25, 0.3) is 5.56 Å². The number of carboxylic acids is 1. The van der Waals surface area contributed by atoms with Crippen molar-refractivity contribution in [3.63, 3.8) is 0 Å². The zero-order valence-electron chi connectivity index (χ0n) is 11.1. The highest BCUT2D eigenvalue weighted by Crippen LogP contribution is 2.23. The largest absolute Gasteiger partial charge is 0.480 e. The topological polar surface area (TPSA) is 83.1 Å². The minimum atomic E-state index is -1.15. The number of hydrogen-bond donors (Lipinski definition) is 1. The first-order valence-electron chi connectivity index (χ1n) is 6.10. The lowest BCUT2D eigenvalue weighted by Crippen LogP contribution is -2.30. The standard InChI is InChI=1S/C15H11ClN2O3/c1-9(15(20)21)18-13(7-4-11(8-17)14(18)19)10-2-5-12(16)6-3-10/h2-7,9H,1H3,(H,20,21). The van der Waals surface area contributed by atoms with Crippen molar-refractivity contribution in [3.8, 4) is 17.3 Å². The van der Waals surface area contributed by atoms with E-state index in [2.05, 4.69) is 0 Å². The van der Waals surface area contributed by atoms with Gasteiger partial charge in [0.1, 0.15) is 17.7 Å². The molecule has 0 fully saturated rings. The molecule has 0 saturated heterocycles. The third-order valence-electron chi connectivity index (χ3n) is 3.12. The summed E-state index contributed by atoms with van der Waals surface area (Å²) in [6.07, 6.45) is 0. The van der Waals surface area contributed by atoms with Crippen molar-refractivity contribution >= 4 is 17.6 Å². The molecule has 1 atom stereocenters. The Morgan fingerprint density at radius 3 is 2.43 bits per heavy atom. The average Bonchev–Trinajstić information content (AvgIpc) is 2.47. The first-order valence-corrected chi connectivity index (χ1v) is 6.48. The predicted molar refractivity (Wildman–Crippen MR) is 78.2 cm³/mol. The smallest absolute Gasteiger partial charge is 0.326 e. The molecule has 0 aliphatic heterocycles. The Morgan fingerprint density at radius 1 is 1.29 bits per heavy atom. The van der Waals surface area contributed by atoms with Crippen LogP contribution in [0.25, 0.3) is 11.3 Å². The number of nitrogens with zero attached hydrogens (tertiary/aromatic N) is 2. The number of benzene rings is 1. The van der Waals surface area contributed by atoms with Gasteiger partial charge in [0.2, 0.25) is 0 Å². The van der Waals surface area contributed by atoms with Crippen molar-refractivity contribution in [3.05, 3.63) is 57.3 Å². The van der Waals surface area contributed by atoms with Crippen molar-refractivity contribution in [2.24, 2.45) is 0 Å². The molecule has 0 aliphatic carbocycles. The second kappa shape index (κ2) is 5.81. The molecule has 1 aromatic heterocycles. The molecule has 1 heterocycles. The molecule has 2 rings (SSSR count). The van der Waals surface area contributed by atoms with Crippen LogP contribution in [0.5, 0.6) is 0 Å². The van der Waals surface area contributed by atoms with Gasteiger partial charge >= 0.3 is 5.97 Å². The summed E-state index contributed by atoms with van der Waals surface area (Å²) in [5.41, 5.74) is 0.348. The quantitative estimate of drug-likeness (QED) is 0.945. The van der Waals surface area contributed by atoms with Crippen LogP contribution in [0.4, 0.5) is 0 Å². The van der Waals surface area contributed by atoms with E-state index in [1.165, 1.54) is 13.0 Å². The van der Waals surface area contributed by atoms with Gasteiger partial charge in [-0.1, -0.05) is 23.7 Å². The predicted octanol–water partition coefficient (Wildman–Crippen LogP) is 2.69. The Balaban J connectivity index is 2.75. The highest BCUT2D eigenvalue weighted by Gasteiger charge is 2.20. The molecular weight excluding hydrogens is 292 g/mol. The van der Waals surface area contributed by atoms with Crippen LogP contribution in [0.1, 0.15) is 18.5 Å². The summed E-state index contributed by atoms with van der Waals surface area (Å²) in [4.78, 5) is 23.5. The van der Waals surface area contributed by atoms with Crippen LogP contribution in [-0.2, 0) is 4.79 Å². The minimum absolute atomic E-state index is 0.0965. The van der Waals surface area contributed by atoms with Crippen molar-refractivity contribution in [2.45, 2.75) is 13.0 Å². The fourth-order valence-corrected chi connectivity index (χ4v) is 2.12. The maximum Gasteiger partial charge on any atom is 0.326 e. The van der Waals surface area contributed by atoms with E-state index < -0.39 is 17.6 Å². The summed E-state index contributed by atoms with van der Waals surface area (Å²) >= 11 is 5.83. The molecule has 0 radical (unpaired) electrons. The summed E-state index contributed by atoms with van der Waals surface area (Å²) in [7, 11) is 0.